The third-order valence-electron chi connectivity index (χ3n) is 3.21. The van der Waals surface area contributed by atoms with Crippen molar-refractivity contribution in [2.75, 3.05) is 11.9 Å². The third-order valence-corrected chi connectivity index (χ3v) is 3.21. The number of hydrogen-bond acceptors (Lipinski definition) is 5. The normalized spacial score (nSPS) is 15.9. The second kappa shape index (κ2) is 5.77. The average molecular weight is 298 g/mol. The predicted octanol–water partition coefficient (Wildman–Crippen LogP) is 0.829. The highest BCUT2D eigenvalue weighted by Gasteiger charge is 2.27. The van der Waals surface area contributed by atoms with E-state index in [1.54, 1.807) is 36.4 Å². The molecule has 0 aliphatic carbocycles. The van der Waals surface area contributed by atoms with Crippen LogP contribution in [0.2, 0.25) is 0 Å². The Hall–Kier alpha value is -3.02. The summed E-state index contributed by atoms with van der Waals surface area (Å²) < 4.78 is 11.0. The molecule has 1 aliphatic heterocycles. The first-order valence-corrected chi connectivity index (χ1v) is 6.65. The molecule has 0 fully saturated rings. The monoisotopic (exact) mass is 298 g/mol. The molecule has 1 heterocycles. The molecule has 0 radical (unpaired) electrons. The molecule has 112 valence electrons. The zero-order valence-corrected chi connectivity index (χ0v) is 11.4. The van der Waals surface area contributed by atoms with Crippen molar-refractivity contribution in [3.05, 3.63) is 54.1 Å². The molecule has 0 saturated heterocycles. The van der Waals surface area contributed by atoms with Crippen LogP contribution in [0.15, 0.2) is 48.5 Å². The Labute approximate surface area is 126 Å². The van der Waals surface area contributed by atoms with Gasteiger partial charge in [-0.25, -0.2) is 0 Å². The SMILES string of the molecule is O=C([O-])c1ccccc1NC(=O)[C@@H]1COc2ccccc2O1. The molecule has 0 spiro atoms. The third kappa shape index (κ3) is 2.71. The van der Waals surface area contributed by atoms with Crippen molar-refractivity contribution in [1.29, 1.82) is 0 Å². The maximum atomic E-state index is 12.2. The highest BCUT2D eigenvalue weighted by molar-refractivity contribution is 6.01. The van der Waals surface area contributed by atoms with Gasteiger partial charge < -0.3 is 24.7 Å². The van der Waals surface area contributed by atoms with Crippen molar-refractivity contribution < 1.29 is 24.2 Å². The Balaban J connectivity index is 1.75. The number of hydrogen-bond donors (Lipinski definition) is 1. The van der Waals surface area contributed by atoms with Crippen LogP contribution < -0.4 is 19.9 Å². The zero-order valence-electron chi connectivity index (χ0n) is 11.4. The molecule has 0 aromatic heterocycles. The van der Waals surface area contributed by atoms with Crippen molar-refractivity contribution in [3.8, 4) is 11.5 Å². The lowest BCUT2D eigenvalue weighted by Crippen LogP contribution is -2.40. The summed E-state index contributed by atoms with van der Waals surface area (Å²) in [5.74, 6) is -0.797. The number of fused-ring (bicyclic) bond motifs is 1. The number of anilines is 1. The number of ether oxygens (including phenoxy) is 2. The first-order chi connectivity index (χ1) is 10.6. The molecular formula is C16H12NO5-. The quantitative estimate of drug-likeness (QED) is 0.906. The van der Waals surface area contributed by atoms with Crippen molar-refractivity contribution in [1.82, 2.24) is 0 Å². The molecule has 1 aliphatic rings. The molecule has 2 aromatic rings. The van der Waals surface area contributed by atoms with Gasteiger partial charge in [-0.2, -0.15) is 0 Å². The van der Waals surface area contributed by atoms with Crippen LogP contribution in [0.4, 0.5) is 5.69 Å². The Morgan fingerprint density at radius 1 is 1.05 bits per heavy atom. The number of carboxylic acids is 1. The number of amides is 1. The van der Waals surface area contributed by atoms with Gasteiger partial charge in [0.15, 0.2) is 11.5 Å². The van der Waals surface area contributed by atoms with Crippen LogP contribution in [0.5, 0.6) is 11.5 Å². The summed E-state index contributed by atoms with van der Waals surface area (Å²) in [5, 5.41) is 13.6. The van der Waals surface area contributed by atoms with Gasteiger partial charge in [-0.1, -0.05) is 30.3 Å². The Morgan fingerprint density at radius 3 is 2.50 bits per heavy atom. The first kappa shape index (κ1) is 13.9. The Kier molecular flexibility index (Phi) is 3.65. The lowest BCUT2D eigenvalue weighted by molar-refractivity contribution is -0.254. The summed E-state index contributed by atoms with van der Waals surface area (Å²) in [6.45, 7) is 0.0519. The summed E-state index contributed by atoms with van der Waals surface area (Å²) in [7, 11) is 0. The van der Waals surface area contributed by atoms with Gasteiger partial charge in [-0.3, -0.25) is 4.79 Å². The summed E-state index contributed by atoms with van der Waals surface area (Å²) >= 11 is 0. The van der Waals surface area contributed by atoms with Crippen molar-refractivity contribution in [2.24, 2.45) is 0 Å². The van der Waals surface area contributed by atoms with Crippen LogP contribution in [-0.4, -0.2) is 24.6 Å². The van der Waals surface area contributed by atoms with Crippen LogP contribution in [0.1, 0.15) is 10.4 Å². The number of carbonyl (C=O) groups excluding carboxylic acids is 2. The second-order valence-electron chi connectivity index (χ2n) is 4.69. The van der Waals surface area contributed by atoms with Crippen LogP contribution in [0.25, 0.3) is 0 Å². The van der Waals surface area contributed by atoms with Crippen molar-refractivity contribution in [3.63, 3.8) is 0 Å². The zero-order chi connectivity index (χ0) is 15.5. The number of rotatable bonds is 3. The van der Waals surface area contributed by atoms with E-state index in [9.17, 15) is 14.7 Å². The highest BCUT2D eigenvalue weighted by Crippen LogP contribution is 2.31. The van der Waals surface area contributed by atoms with E-state index in [1.165, 1.54) is 12.1 Å². The largest absolute Gasteiger partial charge is 0.545 e. The first-order valence-electron chi connectivity index (χ1n) is 6.65. The van der Waals surface area contributed by atoms with Gasteiger partial charge in [0.25, 0.3) is 5.91 Å². The number of carboxylic acid groups (broad SMARTS) is 1. The minimum Gasteiger partial charge on any atom is -0.545 e. The number of nitrogens with one attached hydrogen (secondary N) is 1. The molecule has 2 aromatic carbocycles. The van der Waals surface area contributed by atoms with Gasteiger partial charge >= 0.3 is 0 Å². The summed E-state index contributed by atoms with van der Waals surface area (Å²) in [4.78, 5) is 23.2. The summed E-state index contributed by atoms with van der Waals surface area (Å²) in [6.07, 6.45) is -0.857. The Morgan fingerprint density at radius 2 is 1.73 bits per heavy atom. The smallest absolute Gasteiger partial charge is 0.269 e. The Bertz CT molecular complexity index is 728. The minimum absolute atomic E-state index is 0.0519. The number of para-hydroxylation sites is 3. The van der Waals surface area contributed by atoms with Crippen LogP contribution in [0.3, 0.4) is 0 Å². The van der Waals surface area contributed by atoms with Gasteiger partial charge in [0.05, 0.1) is 5.97 Å². The van der Waals surface area contributed by atoms with E-state index in [0.29, 0.717) is 11.5 Å². The number of aromatic carboxylic acids is 1. The standard InChI is InChI=1S/C16H13NO5/c18-15(17-11-6-2-1-5-10(11)16(19)20)14-9-21-12-7-3-4-8-13(12)22-14/h1-8,14H,9H2,(H,17,18)(H,19,20)/p-1/t14-/m0/s1. The molecule has 1 atom stereocenters. The molecule has 1 amide bonds. The second-order valence-corrected chi connectivity index (χ2v) is 4.69. The molecule has 0 bridgehead atoms. The van der Waals surface area contributed by atoms with Gasteiger partial charge in [-0.15, -0.1) is 0 Å². The molecule has 0 unspecified atom stereocenters. The van der Waals surface area contributed by atoms with E-state index in [-0.39, 0.29) is 17.9 Å². The topological polar surface area (TPSA) is 87.7 Å². The van der Waals surface area contributed by atoms with E-state index >= 15 is 0 Å². The van der Waals surface area contributed by atoms with E-state index in [4.69, 9.17) is 9.47 Å². The van der Waals surface area contributed by atoms with Crippen LogP contribution in [0, 0.1) is 0 Å². The van der Waals surface area contributed by atoms with Gasteiger partial charge in [0.1, 0.15) is 6.61 Å². The number of carbonyl (C=O) groups is 2. The number of benzene rings is 2. The maximum absolute atomic E-state index is 12.2. The van der Waals surface area contributed by atoms with Crippen LogP contribution >= 0.6 is 0 Å². The fourth-order valence-corrected chi connectivity index (χ4v) is 2.13. The lowest BCUT2D eigenvalue weighted by atomic mass is 10.1. The predicted molar refractivity (Wildman–Crippen MR) is 75.8 cm³/mol. The van der Waals surface area contributed by atoms with Crippen molar-refractivity contribution >= 4 is 17.6 Å². The highest BCUT2D eigenvalue weighted by atomic mass is 16.6. The van der Waals surface area contributed by atoms with E-state index in [1.807, 2.05) is 0 Å². The van der Waals surface area contributed by atoms with E-state index < -0.39 is 18.0 Å². The fourth-order valence-electron chi connectivity index (χ4n) is 2.13. The molecular weight excluding hydrogens is 286 g/mol. The molecule has 6 nitrogen and oxygen atoms in total. The van der Waals surface area contributed by atoms with Crippen molar-refractivity contribution in [2.45, 2.75) is 6.10 Å². The fraction of sp³-hybridized carbons (Fsp3) is 0.125. The molecule has 1 N–H and O–H groups in total. The molecule has 0 saturated carbocycles. The molecule has 22 heavy (non-hydrogen) atoms. The minimum atomic E-state index is -1.36. The summed E-state index contributed by atoms with van der Waals surface area (Å²) in [5.41, 5.74) is 0.0722. The van der Waals surface area contributed by atoms with E-state index in [2.05, 4.69) is 5.32 Å². The van der Waals surface area contributed by atoms with Gasteiger partial charge in [0, 0.05) is 11.3 Å². The van der Waals surface area contributed by atoms with Gasteiger partial charge in [-0.05, 0) is 18.2 Å². The van der Waals surface area contributed by atoms with Gasteiger partial charge in [0.2, 0.25) is 6.10 Å². The maximum Gasteiger partial charge on any atom is 0.269 e. The lowest BCUT2D eigenvalue weighted by Gasteiger charge is -2.25. The average Bonchev–Trinajstić information content (AvgIpc) is 2.54. The molecule has 3 rings (SSSR count). The molecule has 6 heteroatoms. The van der Waals surface area contributed by atoms with E-state index in [0.717, 1.165) is 0 Å². The summed E-state index contributed by atoms with van der Waals surface area (Å²) in [6, 6.07) is 13.0. The van der Waals surface area contributed by atoms with Crippen LogP contribution in [-0.2, 0) is 4.79 Å².